The normalized spacial score (nSPS) is 18.5. The monoisotopic (exact) mass is 388 g/mol. The van der Waals surface area contributed by atoms with Crippen LogP contribution in [0.3, 0.4) is 0 Å². The standard InChI is InChI=1S/C18H21BrN4O/c19-16-12-15(4-5-17(16)23-7-6-20-13-23)21-8-10-22(11-9-21)18(24)14-2-1-3-14/h4-7,12-14H,1-3,8-11H2. The highest BCUT2D eigenvalue weighted by Crippen LogP contribution is 2.30. The molecule has 0 unspecified atom stereocenters. The van der Waals surface area contributed by atoms with Crippen LogP contribution in [0.2, 0.25) is 0 Å². The van der Waals surface area contributed by atoms with E-state index in [0.717, 1.165) is 49.2 Å². The lowest BCUT2D eigenvalue weighted by atomic mass is 9.84. The summed E-state index contributed by atoms with van der Waals surface area (Å²) in [5, 5.41) is 0. The number of anilines is 1. The summed E-state index contributed by atoms with van der Waals surface area (Å²) in [4.78, 5) is 20.8. The van der Waals surface area contributed by atoms with Crippen LogP contribution in [-0.2, 0) is 4.79 Å². The maximum atomic E-state index is 12.3. The zero-order chi connectivity index (χ0) is 16.5. The van der Waals surface area contributed by atoms with Gasteiger partial charge in [-0.25, -0.2) is 4.98 Å². The number of benzene rings is 1. The Morgan fingerprint density at radius 1 is 1.17 bits per heavy atom. The molecule has 4 rings (SSSR count). The van der Waals surface area contributed by atoms with Gasteiger partial charge in [0.15, 0.2) is 0 Å². The van der Waals surface area contributed by atoms with Gasteiger partial charge in [-0.2, -0.15) is 0 Å². The third kappa shape index (κ3) is 2.95. The zero-order valence-corrected chi connectivity index (χ0v) is 15.2. The van der Waals surface area contributed by atoms with Crippen molar-refractivity contribution < 1.29 is 4.79 Å². The highest BCUT2D eigenvalue weighted by molar-refractivity contribution is 9.10. The van der Waals surface area contributed by atoms with E-state index in [1.54, 1.807) is 12.5 Å². The van der Waals surface area contributed by atoms with Crippen molar-refractivity contribution in [2.45, 2.75) is 19.3 Å². The van der Waals surface area contributed by atoms with Gasteiger partial charge in [-0.05, 0) is 47.0 Å². The van der Waals surface area contributed by atoms with Crippen molar-refractivity contribution in [3.63, 3.8) is 0 Å². The van der Waals surface area contributed by atoms with Gasteiger partial charge in [-0.15, -0.1) is 0 Å². The van der Waals surface area contributed by atoms with Gasteiger partial charge >= 0.3 is 0 Å². The van der Waals surface area contributed by atoms with Crippen molar-refractivity contribution in [3.05, 3.63) is 41.4 Å². The molecule has 1 aliphatic carbocycles. The Balaban J connectivity index is 1.42. The molecule has 6 heteroatoms. The molecule has 0 spiro atoms. The highest BCUT2D eigenvalue weighted by Gasteiger charge is 2.31. The van der Waals surface area contributed by atoms with Crippen molar-refractivity contribution in [1.82, 2.24) is 14.5 Å². The number of nitrogens with zero attached hydrogens (tertiary/aromatic N) is 4. The quantitative estimate of drug-likeness (QED) is 0.810. The van der Waals surface area contributed by atoms with E-state index in [2.05, 4.69) is 48.9 Å². The third-order valence-electron chi connectivity index (χ3n) is 5.12. The van der Waals surface area contributed by atoms with Crippen molar-refractivity contribution in [1.29, 1.82) is 0 Å². The smallest absolute Gasteiger partial charge is 0.225 e. The second-order valence-electron chi connectivity index (χ2n) is 6.55. The number of aromatic nitrogens is 2. The van der Waals surface area contributed by atoms with Gasteiger partial charge in [-0.1, -0.05) is 6.42 Å². The number of rotatable bonds is 3. The molecule has 5 nitrogen and oxygen atoms in total. The van der Waals surface area contributed by atoms with Crippen LogP contribution in [0.5, 0.6) is 0 Å². The first-order valence-electron chi connectivity index (χ1n) is 8.54. The summed E-state index contributed by atoms with van der Waals surface area (Å²) in [6.07, 6.45) is 8.89. The van der Waals surface area contributed by atoms with Crippen LogP contribution in [0, 0.1) is 5.92 Å². The third-order valence-corrected chi connectivity index (χ3v) is 5.76. The van der Waals surface area contributed by atoms with Gasteiger partial charge in [0.2, 0.25) is 5.91 Å². The second kappa shape index (κ2) is 6.59. The molecule has 1 aromatic carbocycles. The molecule has 24 heavy (non-hydrogen) atoms. The molecule has 126 valence electrons. The Morgan fingerprint density at radius 2 is 1.96 bits per heavy atom. The Kier molecular flexibility index (Phi) is 4.31. The van der Waals surface area contributed by atoms with Crippen LogP contribution in [-0.4, -0.2) is 46.5 Å². The lowest BCUT2D eigenvalue weighted by Gasteiger charge is -2.39. The van der Waals surface area contributed by atoms with Gasteiger partial charge in [0, 0.05) is 54.7 Å². The molecular formula is C18H21BrN4O. The number of amides is 1. The van der Waals surface area contributed by atoms with E-state index in [4.69, 9.17) is 0 Å². The summed E-state index contributed by atoms with van der Waals surface area (Å²) in [6.45, 7) is 3.46. The molecule has 0 radical (unpaired) electrons. The highest BCUT2D eigenvalue weighted by atomic mass is 79.9. The van der Waals surface area contributed by atoms with E-state index < -0.39 is 0 Å². The van der Waals surface area contributed by atoms with Crippen LogP contribution >= 0.6 is 15.9 Å². The van der Waals surface area contributed by atoms with Gasteiger partial charge in [0.25, 0.3) is 0 Å². The summed E-state index contributed by atoms with van der Waals surface area (Å²) < 4.78 is 3.04. The van der Waals surface area contributed by atoms with Gasteiger partial charge in [0.1, 0.15) is 0 Å². The van der Waals surface area contributed by atoms with Crippen LogP contribution < -0.4 is 4.90 Å². The lowest BCUT2D eigenvalue weighted by molar-refractivity contribution is -0.138. The number of carbonyl (C=O) groups is 1. The van der Waals surface area contributed by atoms with Gasteiger partial charge in [-0.3, -0.25) is 4.79 Å². The molecule has 2 aromatic rings. The minimum absolute atomic E-state index is 0.306. The predicted octanol–water partition coefficient (Wildman–Crippen LogP) is 3.08. The van der Waals surface area contributed by atoms with Gasteiger partial charge < -0.3 is 14.4 Å². The van der Waals surface area contributed by atoms with Crippen LogP contribution in [0.1, 0.15) is 19.3 Å². The summed E-state index contributed by atoms with van der Waals surface area (Å²) in [6, 6.07) is 6.40. The van der Waals surface area contributed by atoms with Crippen LogP contribution in [0.25, 0.3) is 5.69 Å². The Labute approximate surface area is 150 Å². The average molecular weight is 389 g/mol. The molecule has 2 fully saturated rings. The molecule has 0 N–H and O–H groups in total. The van der Waals surface area contributed by atoms with E-state index >= 15 is 0 Å². The summed E-state index contributed by atoms with van der Waals surface area (Å²) in [5.41, 5.74) is 2.27. The SMILES string of the molecule is O=C(C1CCC1)N1CCN(c2ccc(-n3ccnc3)c(Br)c2)CC1. The molecule has 2 heterocycles. The molecule has 0 bridgehead atoms. The number of piperazine rings is 1. The summed E-state index contributed by atoms with van der Waals surface area (Å²) in [5.74, 6) is 0.678. The van der Waals surface area contributed by atoms with Crippen LogP contribution in [0.4, 0.5) is 5.69 Å². The molecule has 1 saturated carbocycles. The Morgan fingerprint density at radius 3 is 2.54 bits per heavy atom. The fourth-order valence-electron chi connectivity index (χ4n) is 3.40. The van der Waals surface area contributed by atoms with Gasteiger partial charge in [0.05, 0.1) is 12.0 Å². The van der Waals surface area contributed by atoms with Crippen molar-refractivity contribution in [3.8, 4) is 5.69 Å². The van der Waals surface area contributed by atoms with Crippen molar-refractivity contribution >= 4 is 27.5 Å². The average Bonchev–Trinajstić information content (AvgIpc) is 3.07. The molecule has 1 amide bonds. The summed E-state index contributed by atoms with van der Waals surface area (Å²) in [7, 11) is 0. The minimum atomic E-state index is 0.306. The lowest BCUT2D eigenvalue weighted by Crippen LogP contribution is -2.51. The van der Waals surface area contributed by atoms with E-state index in [1.165, 1.54) is 12.1 Å². The predicted molar refractivity (Wildman–Crippen MR) is 97.4 cm³/mol. The van der Waals surface area contributed by atoms with Crippen molar-refractivity contribution in [2.75, 3.05) is 31.1 Å². The number of imidazole rings is 1. The first-order valence-corrected chi connectivity index (χ1v) is 9.33. The Hall–Kier alpha value is -1.82. The Bertz CT molecular complexity index is 719. The van der Waals surface area contributed by atoms with E-state index in [0.29, 0.717) is 11.8 Å². The fourth-order valence-corrected chi connectivity index (χ4v) is 3.97. The van der Waals surface area contributed by atoms with Crippen LogP contribution in [0.15, 0.2) is 41.4 Å². The largest absolute Gasteiger partial charge is 0.368 e. The number of halogens is 1. The molecule has 1 aromatic heterocycles. The first kappa shape index (κ1) is 15.7. The zero-order valence-electron chi connectivity index (χ0n) is 13.6. The second-order valence-corrected chi connectivity index (χ2v) is 7.40. The van der Waals surface area contributed by atoms with E-state index in [-0.39, 0.29) is 0 Å². The molecule has 1 saturated heterocycles. The van der Waals surface area contributed by atoms with Crippen molar-refractivity contribution in [2.24, 2.45) is 5.92 Å². The first-order chi connectivity index (χ1) is 11.7. The maximum absolute atomic E-state index is 12.3. The minimum Gasteiger partial charge on any atom is -0.368 e. The molecular weight excluding hydrogens is 368 g/mol. The summed E-state index contributed by atoms with van der Waals surface area (Å²) >= 11 is 3.67. The van der Waals surface area contributed by atoms with E-state index in [9.17, 15) is 4.79 Å². The maximum Gasteiger partial charge on any atom is 0.225 e. The number of hydrogen-bond acceptors (Lipinski definition) is 3. The molecule has 0 atom stereocenters. The number of carbonyl (C=O) groups excluding carboxylic acids is 1. The molecule has 1 aliphatic heterocycles. The topological polar surface area (TPSA) is 41.4 Å². The molecule has 2 aliphatic rings. The fraction of sp³-hybridized carbons (Fsp3) is 0.444. The number of hydrogen-bond donors (Lipinski definition) is 0. The van der Waals surface area contributed by atoms with E-state index in [1.807, 2.05) is 10.8 Å².